The van der Waals surface area contributed by atoms with Crippen LogP contribution in [0.2, 0.25) is 0 Å². The van der Waals surface area contributed by atoms with Crippen LogP contribution in [0.25, 0.3) is 0 Å². The summed E-state index contributed by atoms with van der Waals surface area (Å²) >= 11 is 3.41. The number of amides is 1. The number of carbonyl (C=O) groups is 1. The Kier molecular flexibility index (Phi) is 4.82. The molecule has 1 atom stereocenters. The molecule has 4 nitrogen and oxygen atoms in total. The molecule has 19 heavy (non-hydrogen) atoms. The fourth-order valence-electron chi connectivity index (χ4n) is 2.13. The summed E-state index contributed by atoms with van der Waals surface area (Å²) in [6.07, 6.45) is 1.22. The Morgan fingerprint density at radius 3 is 3.05 bits per heavy atom. The molecule has 0 saturated carbocycles. The Bertz CT molecular complexity index is 464. The summed E-state index contributed by atoms with van der Waals surface area (Å²) in [6.45, 7) is 3.12. The Morgan fingerprint density at radius 1 is 1.58 bits per heavy atom. The molecule has 2 rings (SSSR count). The van der Waals surface area contributed by atoms with Gasteiger partial charge in [-0.2, -0.15) is 0 Å². The smallest absolute Gasteiger partial charge is 0.260 e. The number of rotatable bonds is 3. The van der Waals surface area contributed by atoms with E-state index in [2.05, 4.69) is 15.9 Å². The molecule has 1 fully saturated rings. The number of carbonyl (C=O) groups excluding carboxylic acids is 1. The van der Waals surface area contributed by atoms with Crippen LogP contribution in [-0.4, -0.2) is 41.7 Å². The number of β-amino-alcohol motifs (C(OH)–C–C–N with tert-alkyl or cyclic N) is 1. The predicted octanol–water partition coefficient (Wildman–Crippen LogP) is 2.12. The van der Waals surface area contributed by atoms with Crippen molar-refractivity contribution in [2.75, 3.05) is 19.7 Å². The largest absolute Gasteiger partial charge is 0.483 e. The molecule has 1 heterocycles. The summed E-state index contributed by atoms with van der Waals surface area (Å²) in [4.78, 5) is 13.6. The van der Waals surface area contributed by atoms with E-state index in [0.717, 1.165) is 22.9 Å². The van der Waals surface area contributed by atoms with Crippen molar-refractivity contribution in [3.63, 3.8) is 0 Å². The van der Waals surface area contributed by atoms with Gasteiger partial charge in [-0.05, 0) is 53.4 Å². The number of hydrogen-bond donors (Lipinski definition) is 1. The zero-order valence-corrected chi connectivity index (χ0v) is 12.5. The normalized spacial score (nSPS) is 19.3. The molecule has 0 radical (unpaired) electrons. The van der Waals surface area contributed by atoms with E-state index in [1.165, 1.54) is 0 Å². The van der Waals surface area contributed by atoms with Crippen molar-refractivity contribution in [1.29, 1.82) is 0 Å². The lowest BCUT2D eigenvalue weighted by Gasteiger charge is -2.30. The zero-order valence-electron chi connectivity index (χ0n) is 10.9. The molecule has 1 unspecified atom stereocenters. The fraction of sp³-hybridized carbons (Fsp3) is 0.500. The zero-order chi connectivity index (χ0) is 13.8. The average molecular weight is 328 g/mol. The third-order valence-corrected chi connectivity index (χ3v) is 3.81. The number of aliphatic hydroxyl groups excluding tert-OH is 1. The lowest BCUT2D eigenvalue weighted by Crippen LogP contribution is -2.44. The van der Waals surface area contributed by atoms with Crippen molar-refractivity contribution < 1.29 is 14.6 Å². The molecule has 104 valence electrons. The number of aliphatic hydroxyl groups is 1. The van der Waals surface area contributed by atoms with Gasteiger partial charge in [-0.15, -0.1) is 0 Å². The second kappa shape index (κ2) is 6.39. The average Bonchev–Trinajstić information content (AvgIpc) is 2.37. The predicted molar refractivity (Wildman–Crippen MR) is 76.2 cm³/mol. The molecular weight excluding hydrogens is 310 g/mol. The number of hydrogen-bond acceptors (Lipinski definition) is 3. The van der Waals surface area contributed by atoms with Crippen molar-refractivity contribution >= 4 is 21.8 Å². The molecule has 0 aliphatic carbocycles. The second-order valence-electron chi connectivity index (χ2n) is 4.86. The summed E-state index contributed by atoms with van der Waals surface area (Å²) < 4.78 is 6.37. The van der Waals surface area contributed by atoms with Gasteiger partial charge >= 0.3 is 0 Å². The minimum absolute atomic E-state index is 0.00831. The second-order valence-corrected chi connectivity index (χ2v) is 5.71. The van der Waals surface area contributed by atoms with Gasteiger partial charge in [0.05, 0.1) is 10.6 Å². The molecule has 1 N–H and O–H groups in total. The van der Waals surface area contributed by atoms with Crippen LogP contribution in [-0.2, 0) is 4.79 Å². The summed E-state index contributed by atoms with van der Waals surface area (Å²) in [5, 5.41) is 9.55. The number of likely N-dealkylation sites (tertiary alicyclic amines) is 1. The highest BCUT2D eigenvalue weighted by Gasteiger charge is 2.22. The van der Waals surface area contributed by atoms with E-state index in [9.17, 15) is 9.90 Å². The lowest BCUT2D eigenvalue weighted by molar-refractivity contribution is -0.136. The number of benzene rings is 1. The van der Waals surface area contributed by atoms with Crippen molar-refractivity contribution in [3.05, 3.63) is 28.2 Å². The van der Waals surface area contributed by atoms with Crippen molar-refractivity contribution in [2.24, 2.45) is 0 Å². The van der Waals surface area contributed by atoms with E-state index in [1.807, 2.05) is 25.1 Å². The summed E-state index contributed by atoms with van der Waals surface area (Å²) in [5.41, 5.74) is 1.13. The molecule has 0 bridgehead atoms. The van der Waals surface area contributed by atoms with Gasteiger partial charge in [0.25, 0.3) is 5.91 Å². The molecule has 1 amide bonds. The Balaban J connectivity index is 1.89. The molecule has 1 aromatic carbocycles. The minimum Gasteiger partial charge on any atom is -0.483 e. The highest BCUT2D eigenvalue weighted by molar-refractivity contribution is 9.10. The molecule has 0 aromatic heterocycles. The third kappa shape index (κ3) is 3.94. The van der Waals surface area contributed by atoms with Gasteiger partial charge in [0, 0.05) is 13.1 Å². The molecule has 0 spiro atoms. The van der Waals surface area contributed by atoms with E-state index in [0.29, 0.717) is 18.8 Å². The molecule has 1 aliphatic rings. The first-order valence-electron chi connectivity index (χ1n) is 6.41. The highest BCUT2D eigenvalue weighted by atomic mass is 79.9. The SMILES string of the molecule is Cc1ccc(OCC(=O)N2CCCC(O)C2)c(Br)c1. The van der Waals surface area contributed by atoms with Crippen LogP contribution in [0, 0.1) is 6.92 Å². The summed E-state index contributed by atoms with van der Waals surface area (Å²) in [7, 11) is 0. The van der Waals surface area contributed by atoms with Gasteiger partial charge in [-0.3, -0.25) is 4.79 Å². The highest BCUT2D eigenvalue weighted by Crippen LogP contribution is 2.25. The van der Waals surface area contributed by atoms with Crippen LogP contribution in [0.1, 0.15) is 18.4 Å². The van der Waals surface area contributed by atoms with Crippen molar-refractivity contribution in [3.8, 4) is 5.75 Å². The first-order valence-corrected chi connectivity index (χ1v) is 7.20. The van der Waals surface area contributed by atoms with Gasteiger partial charge in [-0.1, -0.05) is 6.07 Å². The maximum atomic E-state index is 12.0. The number of piperidine rings is 1. The van der Waals surface area contributed by atoms with E-state index in [4.69, 9.17) is 4.74 Å². The number of ether oxygens (including phenoxy) is 1. The first-order chi connectivity index (χ1) is 9.06. The third-order valence-electron chi connectivity index (χ3n) is 3.19. The number of halogens is 1. The minimum atomic E-state index is -0.399. The fourth-order valence-corrected chi connectivity index (χ4v) is 2.74. The Hall–Kier alpha value is -1.07. The van der Waals surface area contributed by atoms with Crippen LogP contribution in [0.3, 0.4) is 0 Å². The monoisotopic (exact) mass is 327 g/mol. The molecular formula is C14H18BrNO3. The van der Waals surface area contributed by atoms with Gasteiger partial charge in [0.1, 0.15) is 5.75 Å². The Labute approximate surface area is 121 Å². The van der Waals surface area contributed by atoms with Crippen LogP contribution in [0.5, 0.6) is 5.75 Å². The van der Waals surface area contributed by atoms with E-state index in [1.54, 1.807) is 4.90 Å². The van der Waals surface area contributed by atoms with Crippen LogP contribution < -0.4 is 4.74 Å². The summed E-state index contributed by atoms with van der Waals surface area (Å²) in [6, 6.07) is 5.73. The van der Waals surface area contributed by atoms with Gasteiger partial charge in [0.2, 0.25) is 0 Å². The summed E-state index contributed by atoms with van der Waals surface area (Å²) in [5.74, 6) is 0.586. The van der Waals surface area contributed by atoms with Crippen LogP contribution in [0.15, 0.2) is 22.7 Å². The molecule has 5 heteroatoms. The standard InChI is InChI=1S/C14H18BrNO3/c1-10-4-5-13(12(15)7-10)19-9-14(18)16-6-2-3-11(17)8-16/h4-5,7,11,17H,2-3,6,8-9H2,1H3. The van der Waals surface area contributed by atoms with Crippen LogP contribution in [0.4, 0.5) is 0 Å². The first kappa shape index (κ1) is 14.3. The van der Waals surface area contributed by atoms with E-state index in [-0.39, 0.29) is 12.5 Å². The van der Waals surface area contributed by atoms with E-state index >= 15 is 0 Å². The number of nitrogens with zero attached hydrogens (tertiary/aromatic N) is 1. The van der Waals surface area contributed by atoms with Gasteiger partial charge in [0.15, 0.2) is 6.61 Å². The van der Waals surface area contributed by atoms with E-state index < -0.39 is 6.10 Å². The quantitative estimate of drug-likeness (QED) is 0.925. The van der Waals surface area contributed by atoms with Gasteiger partial charge in [-0.25, -0.2) is 0 Å². The van der Waals surface area contributed by atoms with Gasteiger partial charge < -0.3 is 14.7 Å². The Morgan fingerprint density at radius 2 is 2.37 bits per heavy atom. The topological polar surface area (TPSA) is 49.8 Å². The lowest BCUT2D eigenvalue weighted by atomic mass is 10.1. The van der Waals surface area contributed by atoms with Crippen LogP contribution >= 0.6 is 15.9 Å². The maximum absolute atomic E-state index is 12.0. The van der Waals surface area contributed by atoms with Crippen molar-refractivity contribution in [1.82, 2.24) is 4.90 Å². The molecule has 1 aromatic rings. The number of aryl methyl sites for hydroxylation is 1. The maximum Gasteiger partial charge on any atom is 0.260 e. The molecule has 1 saturated heterocycles. The molecule has 1 aliphatic heterocycles. The van der Waals surface area contributed by atoms with Crippen molar-refractivity contribution in [2.45, 2.75) is 25.9 Å².